The van der Waals surface area contributed by atoms with Crippen molar-refractivity contribution in [2.24, 2.45) is 17.8 Å². The fourth-order valence-electron chi connectivity index (χ4n) is 4.99. The van der Waals surface area contributed by atoms with Crippen LogP contribution in [0.1, 0.15) is 23.4 Å². The highest BCUT2D eigenvalue weighted by Gasteiger charge is 2.48. The molecule has 4 fully saturated rings. The van der Waals surface area contributed by atoms with Gasteiger partial charge in [0.05, 0.1) is 0 Å². The lowest BCUT2D eigenvalue weighted by molar-refractivity contribution is -0.0420. The van der Waals surface area contributed by atoms with Gasteiger partial charge in [-0.25, -0.2) is 0 Å². The Morgan fingerprint density at radius 2 is 1.92 bits per heavy atom. The molecule has 1 saturated carbocycles. The lowest BCUT2D eigenvalue weighted by atomic mass is 9.65. The molecule has 6 rings (SSSR count). The minimum absolute atomic E-state index is 0. The fourth-order valence-corrected chi connectivity index (χ4v) is 5.17. The summed E-state index contributed by atoms with van der Waals surface area (Å²) in [7, 11) is 0. The summed E-state index contributed by atoms with van der Waals surface area (Å²) in [5.74, 6) is 2.34. The van der Waals surface area contributed by atoms with Crippen LogP contribution in [-0.2, 0) is 0 Å². The van der Waals surface area contributed by atoms with Crippen LogP contribution >= 0.6 is 24.0 Å². The van der Waals surface area contributed by atoms with Crippen molar-refractivity contribution in [3.05, 3.63) is 35.0 Å². The average Bonchev–Trinajstić information content (AvgIpc) is 2.93. The molecule has 2 aromatic rings. The van der Waals surface area contributed by atoms with Gasteiger partial charge in [-0.05, 0) is 54.9 Å². The van der Waals surface area contributed by atoms with Gasteiger partial charge in [0, 0.05) is 36.1 Å². The molecule has 1 aromatic heterocycles. The molecule has 6 heteroatoms. The van der Waals surface area contributed by atoms with E-state index >= 15 is 0 Å². The minimum atomic E-state index is -0.0928. The molecule has 1 amide bonds. The van der Waals surface area contributed by atoms with Gasteiger partial charge in [0.25, 0.3) is 5.91 Å². The number of carbonyl (C=O) groups excluding carboxylic acids is 1. The van der Waals surface area contributed by atoms with E-state index in [1.54, 1.807) is 12.1 Å². The van der Waals surface area contributed by atoms with Gasteiger partial charge < -0.3 is 14.6 Å². The first-order chi connectivity index (χ1) is 11.2. The van der Waals surface area contributed by atoms with E-state index in [0.717, 1.165) is 24.4 Å². The third-order valence-corrected chi connectivity index (χ3v) is 6.02. The molecule has 1 aliphatic carbocycles. The third kappa shape index (κ3) is 2.61. The second-order valence-electron chi connectivity index (χ2n) is 7.37. The third-order valence-electron chi connectivity index (χ3n) is 5.79. The molecule has 0 radical (unpaired) electrons. The van der Waals surface area contributed by atoms with E-state index in [0.29, 0.717) is 34.2 Å². The quantitative estimate of drug-likeness (QED) is 0.883. The number of piperidine rings is 3. The zero-order valence-corrected chi connectivity index (χ0v) is 14.8. The van der Waals surface area contributed by atoms with Gasteiger partial charge in [-0.2, -0.15) is 0 Å². The Labute approximate surface area is 151 Å². The second-order valence-corrected chi connectivity index (χ2v) is 7.80. The average molecular weight is 367 g/mol. The summed E-state index contributed by atoms with van der Waals surface area (Å²) >= 11 is 6.00. The summed E-state index contributed by atoms with van der Waals surface area (Å²) in [5, 5.41) is 4.79. The molecule has 3 saturated heterocycles. The van der Waals surface area contributed by atoms with Gasteiger partial charge >= 0.3 is 0 Å². The van der Waals surface area contributed by atoms with Crippen molar-refractivity contribution in [3.8, 4) is 0 Å². The minimum Gasteiger partial charge on any atom is -0.451 e. The highest BCUT2D eigenvalue weighted by molar-refractivity contribution is 6.31. The number of carbonyl (C=O) groups is 1. The van der Waals surface area contributed by atoms with E-state index in [2.05, 4.69) is 10.2 Å². The van der Waals surface area contributed by atoms with E-state index in [1.165, 1.54) is 19.4 Å². The molecular weight excluding hydrogens is 347 g/mol. The Morgan fingerprint density at radius 1 is 1.17 bits per heavy atom. The smallest absolute Gasteiger partial charge is 0.287 e. The van der Waals surface area contributed by atoms with Crippen LogP contribution in [0.4, 0.5) is 0 Å². The number of furan rings is 1. The van der Waals surface area contributed by atoms with E-state index in [1.807, 2.05) is 12.1 Å². The number of benzene rings is 1. The Balaban J connectivity index is 0.00000146. The number of amides is 1. The van der Waals surface area contributed by atoms with Crippen molar-refractivity contribution in [1.82, 2.24) is 10.2 Å². The normalized spacial score (nSPS) is 33.5. The van der Waals surface area contributed by atoms with Crippen molar-refractivity contribution in [2.45, 2.75) is 18.9 Å². The molecule has 4 bridgehead atoms. The maximum absolute atomic E-state index is 12.6. The van der Waals surface area contributed by atoms with Crippen molar-refractivity contribution >= 4 is 40.9 Å². The Morgan fingerprint density at radius 3 is 2.62 bits per heavy atom. The molecular formula is C18H20Cl2N2O2. The highest BCUT2D eigenvalue weighted by Crippen LogP contribution is 2.43. The molecule has 1 N–H and O–H groups in total. The summed E-state index contributed by atoms with van der Waals surface area (Å²) in [5.41, 5.74) is 0.704. The zero-order valence-electron chi connectivity index (χ0n) is 13.2. The maximum Gasteiger partial charge on any atom is 0.287 e. The molecule has 2 atom stereocenters. The summed E-state index contributed by atoms with van der Waals surface area (Å²) < 4.78 is 5.70. The van der Waals surface area contributed by atoms with E-state index in [4.69, 9.17) is 16.0 Å². The first kappa shape index (κ1) is 16.2. The van der Waals surface area contributed by atoms with Gasteiger partial charge in [0.15, 0.2) is 5.76 Å². The van der Waals surface area contributed by atoms with Crippen LogP contribution in [0.2, 0.25) is 5.02 Å². The number of rotatable bonds is 2. The summed E-state index contributed by atoms with van der Waals surface area (Å²) in [6, 6.07) is 7.50. The van der Waals surface area contributed by atoms with E-state index in [-0.39, 0.29) is 18.3 Å². The number of nitrogens with zero attached hydrogens (tertiary/aromatic N) is 1. The van der Waals surface area contributed by atoms with Crippen LogP contribution in [0, 0.1) is 17.8 Å². The molecule has 3 aliphatic heterocycles. The van der Waals surface area contributed by atoms with E-state index < -0.39 is 0 Å². The Bertz CT molecular complexity index is 760. The monoisotopic (exact) mass is 366 g/mol. The number of hydrogen-bond donors (Lipinski definition) is 1. The predicted octanol–water partition coefficient (Wildman–Crippen LogP) is 3.58. The number of halogens is 2. The lowest BCUT2D eigenvalue weighted by Crippen LogP contribution is -2.64. The molecule has 24 heavy (non-hydrogen) atoms. The SMILES string of the molecule is Cl.O=C(NC1C2CC3CC1CN(C3)C2)c1cc2cc(Cl)ccc2o1. The van der Waals surface area contributed by atoms with Gasteiger partial charge in [-0.3, -0.25) is 4.79 Å². The van der Waals surface area contributed by atoms with Crippen molar-refractivity contribution in [1.29, 1.82) is 0 Å². The second kappa shape index (κ2) is 5.94. The van der Waals surface area contributed by atoms with Gasteiger partial charge in [-0.15, -0.1) is 12.4 Å². The van der Waals surface area contributed by atoms with Crippen LogP contribution < -0.4 is 5.32 Å². The van der Waals surface area contributed by atoms with Gasteiger partial charge in [-0.1, -0.05) is 11.6 Å². The maximum atomic E-state index is 12.6. The van der Waals surface area contributed by atoms with Crippen molar-refractivity contribution in [2.75, 3.05) is 19.6 Å². The lowest BCUT2D eigenvalue weighted by Gasteiger charge is -2.55. The molecule has 128 valence electrons. The molecule has 4 heterocycles. The molecule has 0 spiro atoms. The fraction of sp³-hybridized carbons (Fsp3) is 0.500. The van der Waals surface area contributed by atoms with Crippen LogP contribution in [-0.4, -0.2) is 36.5 Å². The summed E-state index contributed by atoms with van der Waals surface area (Å²) in [6.07, 6.45) is 2.52. The molecule has 2 unspecified atom stereocenters. The summed E-state index contributed by atoms with van der Waals surface area (Å²) in [6.45, 7) is 3.53. The first-order valence-electron chi connectivity index (χ1n) is 8.38. The van der Waals surface area contributed by atoms with Gasteiger partial charge in [0.1, 0.15) is 5.58 Å². The first-order valence-corrected chi connectivity index (χ1v) is 8.76. The number of hydrogen-bond acceptors (Lipinski definition) is 3. The molecule has 4 aliphatic rings. The molecule has 4 nitrogen and oxygen atoms in total. The number of fused-ring (bicyclic) bond motifs is 1. The highest BCUT2D eigenvalue weighted by atomic mass is 35.5. The zero-order chi connectivity index (χ0) is 15.6. The van der Waals surface area contributed by atoms with Crippen molar-refractivity contribution < 1.29 is 9.21 Å². The van der Waals surface area contributed by atoms with Crippen molar-refractivity contribution in [3.63, 3.8) is 0 Å². The Kier molecular flexibility index (Phi) is 4.02. The largest absolute Gasteiger partial charge is 0.451 e. The standard InChI is InChI=1S/C18H19ClN2O2.ClH/c19-14-1-2-15-11(5-14)6-16(23-15)18(22)20-17-12-3-10-4-13(17)9-21(7-10)8-12;/h1-2,5-6,10,12-13,17H,3-4,7-9H2,(H,20,22);1H. The number of nitrogens with one attached hydrogen (secondary N) is 1. The van der Waals surface area contributed by atoms with Crippen LogP contribution in [0.15, 0.2) is 28.7 Å². The van der Waals surface area contributed by atoms with Crippen LogP contribution in [0.3, 0.4) is 0 Å². The van der Waals surface area contributed by atoms with Gasteiger partial charge in [0.2, 0.25) is 0 Å². The summed E-state index contributed by atoms with van der Waals surface area (Å²) in [4.78, 5) is 15.2. The molecule has 1 aromatic carbocycles. The predicted molar refractivity (Wildman–Crippen MR) is 95.9 cm³/mol. The van der Waals surface area contributed by atoms with E-state index in [9.17, 15) is 4.79 Å². The van der Waals surface area contributed by atoms with Crippen LogP contribution in [0.25, 0.3) is 11.0 Å². The Hall–Kier alpha value is -1.23. The topological polar surface area (TPSA) is 45.5 Å². The van der Waals surface area contributed by atoms with Crippen LogP contribution in [0.5, 0.6) is 0 Å².